The monoisotopic (exact) mass is 289 g/mol. The molecule has 0 aromatic heterocycles. The lowest BCUT2D eigenvalue weighted by atomic mass is 10.0. The van der Waals surface area contributed by atoms with Gasteiger partial charge in [0.1, 0.15) is 6.04 Å². The first-order valence-corrected chi connectivity index (χ1v) is 5.34. The fourth-order valence-corrected chi connectivity index (χ4v) is 1.93. The van der Waals surface area contributed by atoms with Gasteiger partial charge in [0, 0.05) is 10.0 Å². The number of alkyl halides is 4. The van der Waals surface area contributed by atoms with Crippen LogP contribution < -0.4 is 5.32 Å². The van der Waals surface area contributed by atoms with E-state index >= 15 is 0 Å². The van der Waals surface area contributed by atoms with Gasteiger partial charge in [-0.1, -0.05) is 29.3 Å². The molecule has 0 radical (unpaired) electrons. The molecule has 0 bridgehead atoms. The Labute approximate surface area is 106 Å². The molecule has 0 saturated carbocycles. The second kappa shape index (κ2) is 5.42. The third-order valence-corrected chi connectivity index (χ3v) is 2.80. The van der Waals surface area contributed by atoms with Gasteiger partial charge in [0.25, 0.3) is 0 Å². The summed E-state index contributed by atoms with van der Waals surface area (Å²) < 4.78 is 51.1. The number of nitrogens with one attached hydrogen (secondary N) is 1. The molecule has 0 aliphatic heterocycles. The highest BCUT2D eigenvalue weighted by molar-refractivity contribution is 6.35. The van der Waals surface area contributed by atoms with E-state index in [1.165, 1.54) is 18.2 Å². The van der Waals surface area contributed by atoms with Crippen LogP contribution in [0.15, 0.2) is 18.2 Å². The zero-order chi connectivity index (χ0) is 13.2. The fraction of sp³-hybridized carbons (Fsp3) is 0.400. The molecule has 0 spiro atoms. The highest BCUT2D eigenvalue weighted by Crippen LogP contribution is 2.39. The van der Waals surface area contributed by atoms with Crippen molar-refractivity contribution < 1.29 is 17.6 Å². The van der Waals surface area contributed by atoms with Crippen LogP contribution in [-0.4, -0.2) is 19.4 Å². The van der Waals surface area contributed by atoms with E-state index in [0.717, 1.165) is 7.05 Å². The van der Waals surface area contributed by atoms with Crippen LogP contribution in [-0.2, 0) is 0 Å². The van der Waals surface area contributed by atoms with Crippen molar-refractivity contribution in [2.75, 3.05) is 7.05 Å². The van der Waals surface area contributed by atoms with Crippen molar-refractivity contribution in [3.05, 3.63) is 33.8 Å². The van der Waals surface area contributed by atoms with Crippen molar-refractivity contribution in [3.8, 4) is 0 Å². The van der Waals surface area contributed by atoms with Gasteiger partial charge in [-0.2, -0.15) is 8.78 Å². The molecule has 1 unspecified atom stereocenters. The molecule has 17 heavy (non-hydrogen) atoms. The third-order valence-electron chi connectivity index (χ3n) is 2.24. The summed E-state index contributed by atoms with van der Waals surface area (Å²) in [6.45, 7) is 0. The molecule has 7 heteroatoms. The van der Waals surface area contributed by atoms with E-state index in [2.05, 4.69) is 5.32 Å². The first-order valence-electron chi connectivity index (χ1n) is 4.59. The lowest BCUT2D eigenvalue weighted by Gasteiger charge is -2.26. The zero-order valence-electron chi connectivity index (χ0n) is 8.65. The molecule has 0 aliphatic carbocycles. The van der Waals surface area contributed by atoms with Crippen LogP contribution in [0.25, 0.3) is 0 Å². The number of halogens is 6. The molecule has 1 nitrogen and oxygen atoms in total. The van der Waals surface area contributed by atoms with E-state index in [1.54, 1.807) is 0 Å². The standard InChI is InChI=1S/C10H9Cl2F4N/c1-17-8(10(15,16)9(13)14)6-3-2-5(11)4-7(6)12/h2-4,8-9,17H,1H3. The summed E-state index contributed by atoms with van der Waals surface area (Å²) in [5.41, 5.74) is -0.121. The van der Waals surface area contributed by atoms with Gasteiger partial charge >= 0.3 is 12.3 Å². The van der Waals surface area contributed by atoms with E-state index in [-0.39, 0.29) is 15.6 Å². The fourth-order valence-electron chi connectivity index (χ4n) is 1.42. The van der Waals surface area contributed by atoms with E-state index in [1.807, 2.05) is 0 Å². The first kappa shape index (κ1) is 14.5. The SMILES string of the molecule is CNC(c1ccc(Cl)cc1Cl)C(F)(F)C(F)F. The van der Waals surface area contributed by atoms with Gasteiger partial charge < -0.3 is 5.32 Å². The molecular weight excluding hydrogens is 281 g/mol. The predicted octanol–water partition coefficient (Wildman–Crippen LogP) is 4.15. The van der Waals surface area contributed by atoms with Crippen LogP contribution in [0.3, 0.4) is 0 Å². The Bertz CT molecular complexity index is 398. The van der Waals surface area contributed by atoms with Gasteiger partial charge in [-0.3, -0.25) is 0 Å². The van der Waals surface area contributed by atoms with Crippen molar-refractivity contribution in [2.45, 2.75) is 18.4 Å². The molecule has 1 atom stereocenters. The Kier molecular flexibility index (Phi) is 4.63. The van der Waals surface area contributed by atoms with Crippen LogP contribution in [0.2, 0.25) is 10.0 Å². The molecule has 0 amide bonds. The number of benzene rings is 1. The minimum atomic E-state index is -4.22. The first-order chi connectivity index (χ1) is 7.80. The number of rotatable bonds is 4. The summed E-state index contributed by atoms with van der Waals surface area (Å²) in [6.07, 6.45) is -3.79. The van der Waals surface area contributed by atoms with Crippen LogP contribution in [0.1, 0.15) is 11.6 Å². The summed E-state index contributed by atoms with van der Waals surface area (Å²) in [5.74, 6) is -4.22. The topological polar surface area (TPSA) is 12.0 Å². The molecule has 0 aliphatic rings. The molecular formula is C10H9Cl2F4N. The van der Waals surface area contributed by atoms with Crippen LogP contribution in [0, 0.1) is 0 Å². The second-order valence-corrected chi connectivity index (χ2v) is 4.21. The van der Waals surface area contributed by atoms with E-state index in [0.29, 0.717) is 0 Å². The van der Waals surface area contributed by atoms with Gasteiger partial charge in [0.2, 0.25) is 0 Å². The average molecular weight is 290 g/mol. The van der Waals surface area contributed by atoms with Gasteiger partial charge in [-0.05, 0) is 24.7 Å². The summed E-state index contributed by atoms with van der Waals surface area (Å²) in [5, 5.41) is 2.30. The lowest BCUT2D eigenvalue weighted by molar-refractivity contribution is -0.150. The molecule has 0 saturated heterocycles. The summed E-state index contributed by atoms with van der Waals surface area (Å²) in [7, 11) is 1.16. The van der Waals surface area contributed by atoms with Crippen molar-refractivity contribution in [1.29, 1.82) is 0 Å². The third kappa shape index (κ3) is 3.03. The quantitative estimate of drug-likeness (QED) is 0.821. The van der Waals surface area contributed by atoms with Crippen LogP contribution in [0.4, 0.5) is 17.6 Å². The maximum Gasteiger partial charge on any atom is 0.326 e. The average Bonchev–Trinajstić information content (AvgIpc) is 2.21. The van der Waals surface area contributed by atoms with Crippen molar-refractivity contribution in [3.63, 3.8) is 0 Å². The Morgan fingerprint density at radius 3 is 2.24 bits per heavy atom. The molecule has 1 aromatic carbocycles. The highest BCUT2D eigenvalue weighted by Gasteiger charge is 2.49. The normalized spacial score (nSPS) is 14.1. The van der Waals surface area contributed by atoms with E-state index < -0.39 is 18.4 Å². The van der Waals surface area contributed by atoms with Gasteiger partial charge in [-0.25, -0.2) is 8.78 Å². The highest BCUT2D eigenvalue weighted by atomic mass is 35.5. The molecule has 1 N–H and O–H groups in total. The molecule has 1 rings (SSSR count). The lowest BCUT2D eigenvalue weighted by Crippen LogP contribution is -2.41. The zero-order valence-corrected chi connectivity index (χ0v) is 10.2. The molecule has 1 aromatic rings. The molecule has 0 fully saturated rings. The second-order valence-electron chi connectivity index (χ2n) is 3.36. The van der Waals surface area contributed by atoms with Crippen molar-refractivity contribution in [1.82, 2.24) is 5.32 Å². The van der Waals surface area contributed by atoms with Crippen molar-refractivity contribution >= 4 is 23.2 Å². The maximum atomic E-state index is 13.3. The summed E-state index contributed by atoms with van der Waals surface area (Å²) in [6, 6.07) is 1.87. The van der Waals surface area contributed by atoms with Gasteiger partial charge in [-0.15, -0.1) is 0 Å². The Hall–Kier alpha value is -0.520. The maximum absolute atomic E-state index is 13.3. The Balaban J connectivity index is 3.18. The van der Waals surface area contributed by atoms with E-state index in [9.17, 15) is 17.6 Å². The van der Waals surface area contributed by atoms with Crippen LogP contribution in [0.5, 0.6) is 0 Å². The summed E-state index contributed by atoms with van der Waals surface area (Å²) in [4.78, 5) is 0. The predicted molar refractivity (Wildman–Crippen MR) is 59.2 cm³/mol. The number of hydrogen-bond acceptors (Lipinski definition) is 1. The van der Waals surface area contributed by atoms with Gasteiger partial charge in [0.05, 0.1) is 0 Å². The number of hydrogen-bond donors (Lipinski definition) is 1. The Morgan fingerprint density at radius 1 is 1.24 bits per heavy atom. The van der Waals surface area contributed by atoms with Crippen molar-refractivity contribution in [2.24, 2.45) is 0 Å². The minimum absolute atomic E-state index is 0.0859. The summed E-state index contributed by atoms with van der Waals surface area (Å²) >= 11 is 11.3. The van der Waals surface area contributed by atoms with Gasteiger partial charge in [0.15, 0.2) is 0 Å². The smallest absolute Gasteiger partial charge is 0.308 e. The molecule has 96 valence electrons. The van der Waals surface area contributed by atoms with E-state index in [4.69, 9.17) is 23.2 Å². The minimum Gasteiger partial charge on any atom is -0.308 e. The van der Waals surface area contributed by atoms with Crippen LogP contribution >= 0.6 is 23.2 Å². The Morgan fingerprint density at radius 2 is 1.82 bits per heavy atom. The largest absolute Gasteiger partial charge is 0.326 e. The molecule has 0 heterocycles.